The van der Waals surface area contributed by atoms with E-state index in [1.54, 1.807) is 0 Å². The highest BCUT2D eigenvalue weighted by Crippen LogP contribution is 2.11. The van der Waals surface area contributed by atoms with Gasteiger partial charge < -0.3 is 0 Å². The lowest BCUT2D eigenvalue weighted by Gasteiger charge is -2.05. The predicted octanol–water partition coefficient (Wildman–Crippen LogP) is 6.53. The van der Waals surface area contributed by atoms with Crippen molar-refractivity contribution < 1.29 is 0 Å². The minimum absolute atomic E-state index is 0. The number of hydrogen-bond donors (Lipinski definition) is 0. The van der Waals surface area contributed by atoms with E-state index < -0.39 is 0 Å². The van der Waals surface area contributed by atoms with Crippen molar-refractivity contribution in [1.82, 2.24) is 0 Å². The Morgan fingerprint density at radius 3 is 1.89 bits per heavy atom. The van der Waals surface area contributed by atoms with Gasteiger partial charge in [-0.3, -0.25) is 0 Å². The molecule has 0 unspecified atom stereocenters. The van der Waals surface area contributed by atoms with E-state index in [9.17, 15) is 0 Å². The molecule has 0 fully saturated rings. The van der Waals surface area contributed by atoms with Crippen molar-refractivity contribution in [2.24, 2.45) is 5.92 Å². The Hall–Kier alpha value is -0.780. The fourth-order valence-electron chi connectivity index (χ4n) is 1.46. The van der Waals surface area contributed by atoms with E-state index in [2.05, 4.69) is 45.0 Å². The summed E-state index contributed by atoms with van der Waals surface area (Å²) >= 11 is 0. The average molecular weight is 252 g/mol. The van der Waals surface area contributed by atoms with E-state index in [-0.39, 0.29) is 7.43 Å². The Kier molecular flexibility index (Phi) is 20.2. The second-order valence-electron chi connectivity index (χ2n) is 4.11. The highest BCUT2D eigenvalue weighted by molar-refractivity contribution is 5.23. The monoisotopic (exact) mass is 252 g/mol. The van der Waals surface area contributed by atoms with Crippen molar-refractivity contribution in [3.05, 3.63) is 35.4 Å². The molecule has 0 atom stereocenters. The Morgan fingerprint density at radius 1 is 0.944 bits per heavy atom. The van der Waals surface area contributed by atoms with Crippen LogP contribution in [-0.2, 0) is 12.8 Å². The molecule has 0 heteroatoms. The van der Waals surface area contributed by atoms with Gasteiger partial charge in [0.25, 0.3) is 0 Å². The summed E-state index contributed by atoms with van der Waals surface area (Å²) in [5, 5.41) is 0. The highest BCUT2D eigenvalue weighted by Gasteiger charge is 1.97. The first kappa shape index (κ1) is 22.4. The van der Waals surface area contributed by atoms with Gasteiger partial charge in [0.15, 0.2) is 0 Å². The second kappa shape index (κ2) is 16.2. The molecule has 1 aromatic rings. The molecule has 18 heavy (non-hydrogen) atoms. The maximum atomic E-state index is 2.34. The van der Waals surface area contributed by atoms with E-state index in [4.69, 9.17) is 0 Å². The third-order valence-electron chi connectivity index (χ3n) is 2.41. The summed E-state index contributed by atoms with van der Waals surface area (Å²) in [4.78, 5) is 0. The molecule has 1 rings (SSSR count). The largest absolute Gasteiger partial charge is 0.0776 e. The second-order valence-corrected chi connectivity index (χ2v) is 4.11. The molecule has 0 saturated heterocycles. The van der Waals surface area contributed by atoms with Crippen LogP contribution >= 0.6 is 0 Å². The van der Waals surface area contributed by atoms with Crippen LogP contribution in [0.1, 0.15) is 73.4 Å². The fourth-order valence-corrected chi connectivity index (χ4v) is 1.46. The molecule has 0 nitrogen and oxygen atoms in total. The van der Waals surface area contributed by atoms with Gasteiger partial charge in [-0.25, -0.2) is 0 Å². The molecule has 0 radical (unpaired) electrons. The summed E-state index contributed by atoms with van der Waals surface area (Å²) in [5.41, 5.74) is 2.95. The zero-order chi connectivity index (χ0) is 13.7. The third-order valence-corrected chi connectivity index (χ3v) is 2.41. The molecule has 0 bridgehead atoms. The Balaban J connectivity index is -0.000000409. The SMILES string of the molecule is C.CC.CC.CCc1cccc(CCC(C)C)c1. The predicted molar refractivity (Wildman–Crippen MR) is 88.4 cm³/mol. The average Bonchev–Trinajstić information content (AvgIpc) is 2.41. The summed E-state index contributed by atoms with van der Waals surface area (Å²) in [5.74, 6) is 0.810. The third kappa shape index (κ3) is 11.7. The van der Waals surface area contributed by atoms with Crippen molar-refractivity contribution in [2.75, 3.05) is 0 Å². The number of benzene rings is 1. The van der Waals surface area contributed by atoms with Crippen molar-refractivity contribution >= 4 is 0 Å². The van der Waals surface area contributed by atoms with Crippen LogP contribution in [0.4, 0.5) is 0 Å². The summed E-state index contributed by atoms with van der Waals surface area (Å²) in [7, 11) is 0. The highest BCUT2D eigenvalue weighted by atomic mass is 14.0. The normalized spacial score (nSPS) is 8.44. The van der Waals surface area contributed by atoms with Gasteiger partial charge in [-0.1, -0.05) is 80.2 Å². The van der Waals surface area contributed by atoms with E-state index in [1.807, 2.05) is 27.7 Å². The summed E-state index contributed by atoms with van der Waals surface area (Å²) in [6.07, 6.45) is 3.67. The van der Waals surface area contributed by atoms with Crippen LogP contribution < -0.4 is 0 Å². The van der Waals surface area contributed by atoms with Crippen LogP contribution in [0.5, 0.6) is 0 Å². The van der Waals surface area contributed by atoms with E-state index in [1.165, 1.54) is 24.0 Å². The Labute approximate surface area is 117 Å². The molecule has 0 aliphatic carbocycles. The zero-order valence-corrected chi connectivity index (χ0v) is 13.0. The van der Waals surface area contributed by atoms with Crippen LogP contribution in [0.25, 0.3) is 0 Å². The fraction of sp³-hybridized carbons (Fsp3) is 0.667. The van der Waals surface area contributed by atoms with Crippen molar-refractivity contribution in [1.29, 1.82) is 0 Å². The lowest BCUT2D eigenvalue weighted by Crippen LogP contribution is -1.92. The van der Waals surface area contributed by atoms with Crippen molar-refractivity contribution in [2.45, 2.75) is 75.2 Å². The molecule has 0 aliphatic heterocycles. The molecule has 108 valence electrons. The molecular weight excluding hydrogens is 216 g/mol. The molecule has 0 saturated carbocycles. The first-order valence-corrected chi connectivity index (χ1v) is 7.30. The van der Waals surface area contributed by atoms with E-state index in [0.29, 0.717) is 0 Å². The summed E-state index contributed by atoms with van der Waals surface area (Å²) < 4.78 is 0. The maximum absolute atomic E-state index is 2.34. The molecular formula is C18H36. The van der Waals surface area contributed by atoms with Gasteiger partial charge in [0.2, 0.25) is 0 Å². The van der Waals surface area contributed by atoms with Crippen LogP contribution in [-0.4, -0.2) is 0 Å². The van der Waals surface area contributed by atoms with Crippen LogP contribution in [0.3, 0.4) is 0 Å². The van der Waals surface area contributed by atoms with Crippen LogP contribution in [0.2, 0.25) is 0 Å². The first-order valence-electron chi connectivity index (χ1n) is 7.30. The minimum Gasteiger partial charge on any atom is -0.0776 e. The van der Waals surface area contributed by atoms with Gasteiger partial charge in [-0.05, 0) is 36.3 Å². The molecule has 0 N–H and O–H groups in total. The number of hydrogen-bond acceptors (Lipinski definition) is 0. The molecule has 0 aliphatic rings. The first-order chi connectivity index (χ1) is 8.22. The van der Waals surface area contributed by atoms with E-state index in [0.717, 1.165) is 12.3 Å². The van der Waals surface area contributed by atoms with Crippen molar-refractivity contribution in [3.63, 3.8) is 0 Å². The maximum Gasteiger partial charge on any atom is -0.0276 e. The van der Waals surface area contributed by atoms with Crippen molar-refractivity contribution in [3.8, 4) is 0 Å². The molecule has 0 heterocycles. The van der Waals surface area contributed by atoms with Gasteiger partial charge in [0.1, 0.15) is 0 Å². The molecule has 0 amide bonds. The number of aryl methyl sites for hydroxylation is 2. The molecule has 0 spiro atoms. The van der Waals surface area contributed by atoms with Gasteiger partial charge in [0, 0.05) is 0 Å². The zero-order valence-electron chi connectivity index (χ0n) is 13.0. The Bertz CT molecular complexity index is 248. The van der Waals surface area contributed by atoms with Gasteiger partial charge >= 0.3 is 0 Å². The van der Waals surface area contributed by atoms with E-state index >= 15 is 0 Å². The lowest BCUT2D eigenvalue weighted by atomic mass is 10.0. The molecule has 1 aromatic carbocycles. The minimum atomic E-state index is 0. The van der Waals surface area contributed by atoms with Crippen LogP contribution in [0.15, 0.2) is 24.3 Å². The Morgan fingerprint density at radius 2 is 1.44 bits per heavy atom. The summed E-state index contributed by atoms with van der Waals surface area (Å²) in [6, 6.07) is 8.96. The topological polar surface area (TPSA) is 0 Å². The van der Waals surface area contributed by atoms with Gasteiger partial charge in [-0.15, -0.1) is 0 Å². The number of rotatable bonds is 4. The lowest BCUT2D eigenvalue weighted by molar-refractivity contribution is 0.586. The van der Waals surface area contributed by atoms with Gasteiger partial charge in [-0.2, -0.15) is 0 Å². The summed E-state index contributed by atoms with van der Waals surface area (Å²) in [6.45, 7) is 14.8. The molecule has 0 aromatic heterocycles. The van der Waals surface area contributed by atoms with Crippen LogP contribution in [0, 0.1) is 5.92 Å². The quantitative estimate of drug-likeness (QED) is 0.571. The smallest absolute Gasteiger partial charge is 0.0276 e. The standard InChI is InChI=1S/C13H20.2C2H6.CH4/c1-4-12-6-5-7-13(10-12)9-8-11(2)3;2*1-2;/h5-7,10-11H,4,8-9H2,1-3H3;2*1-2H3;1H4. The van der Waals surface area contributed by atoms with Gasteiger partial charge in [0.05, 0.1) is 0 Å².